The molecule has 2 aromatic carbocycles. The van der Waals surface area contributed by atoms with E-state index < -0.39 is 21.6 Å². The van der Waals surface area contributed by atoms with Crippen molar-refractivity contribution in [1.82, 2.24) is 0 Å². The third-order valence-corrected chi connectivity index (χ3v) is 10.8. The van der Waals surface area contributed by atoms with E-state index >= 15 is 0 Å². The lowest BCUT2D eigenvalue weighted by Crippen LogP contribution is -2.18. The highest BCUT2D eigenvalue weighted by molar-refractivity contribution is 8.12. The van der Waals surface area contributed by atoms with Crippen molar-refractivity contribution in [1.29, 1.82) is 0 Å². The Morgan fingerprint density at radius 2 is 1.07 bits per heavy atom. The Bertz CT molecular complexity index is 887. The summed E-state index contributed by atoms with van der Waals surface area (Å²) in [6.07, 6.45) is 2.11. The first-order chi connectivity index (χ1) is 14.7. The van der Waals surface area contributed by atoms with Crippen LogP contribution in [0.15, 0.2) is 60.7 Å². The molecule has 0 aliphatic carbocycles. The fourth-order valence-corrected chi connectivity index (χ4v) is 8.43. The van der Waals surface area contributed by atoms with Gasteiger partial charge in [-0.3, -0.25) is 8.42 Å². The van der Waals surface area contributed by atoms with Gasteiger partial charge in [-0.05, 0) is 48.6 Å². The molecular formula is C24H24O2S4. The number of hydrogen-bond donors (Lipinski definition) is 0. The molecule has 4 atom stereocenters. The lowest BCUT2D eigenvalue weighted by molar-refractivity contribution is 0.681. The molecule has 0 N–H and O–H groups in total. The van der Waals surface area contributed by atoms with Crippen LogP contribution < -0.4 is 0 Å². The molecule has 0 spiro atoms. The van der Waals surface area contributed by atoms with Crippen LogP contribution in [0.4, 0.5) is 0 Å². The summed E-state index contributed by atoms with van der Waals surface area (Å²) in [6, 6.07) is 19.7. The van der Waals surface area contributed by atoms with E-state index in [9.17, 15) is 8.42 Å². The molecule has 2 nitrogen and oxygen atoms in total. The Balaban J connectivity index is 0.000000171. The van der Waals surface area contributed by atoms with Gasteiger partial charge in [0.05, 0.1) is 0 Å². The second kappa shape index (κ2) is 13.1. The van der Waals surface area contributed by atoms with E-state index in [0.29, 0.717) is 0 Å². The lowest BCUT2D eigenvalue weighted by Gasteiger charge is -2.15. The maximum absolute atomic E-state index is 11.6. The van der Waals surface area contributed by atoms with Crippen molar-refractivity contribution in [3.63, 3.8) is 0 Å². The van der Waals surface area contributed by atoms with Crippen molar-refractivity contribution in [2.45, 2.75) is 22.0 Å². The van der Waals surface area contributed by atoms with E-state index in [0.717, 1.165) is 47.0 Å². The smallest absolute Gasteiger partial charge is 0.141 e. The Labute approximate surface area is 193 Å². The van der Waals surface area contributed by atoms with Gasteiger partial charge in [-0.25, -0.2) is 0 Å². The number of hydrogen-bond acceptors (Lipinski definition) is 4. The molecule has 4 rings (SSSR count). The molecular weight excluding hydrogens is 449 g/mol. The highest BCUT2D eigenvalue weighted by atomic mass is 32.2. The first-order valence-corrected chi connectivity index (χ1v) is 14.7. The van der Waals surface area contributed by atoms with E-state index in [2.05, 4.69) is 23.7 Å². The molecule has 0 saturated carbocycles. The normalized spacial score (nSPS) is 25.3. The van der Waals surface area contributed by atoms with Crippen LogP contribution >= 0.6 is 23.5 Å². The molecule has 0 unspecified atom stereocenters. The van der Waals surface area contributed by atoms with Gasteiger partial charge < -0.3 is 0 Å². The summed E-state index contributed by atoms with van der Waals surface area (Å²) in [5, 5.41) is 0. The molecule has 156 valence electrons. The van der Waals surface area contributed by atoms with E-state index in [1.165, 1.54) is 0 Å². The van der Waals surface area contributed by atoms with E-state index in [1.54, 1.807) is 23.5 Å². The minimum Gasteiger partial charge on any atom is -0.257 e. The summed E-state index contributed by atoms with van der Waals surface area (Å²) in [5.74, 6) is 16.1. The first kappa shape index (κ1) is 23.2. The molecule has 2 heterocycles. The standard InChI is InChI=1S/2C12H12OS2/c2*13-15-10-4-9-14-12(15)8-7-11-5-2-1-3-6-11/h2*1-3,5-6,12H,4,9-10H2/t2*12-,15-/m00/s1. The second-order valence-electron chi connectivity index (χ2n) is 6.55. The Kier molecular flexibility index (Phi) is 10.1. The molecule has 0 amide bonds. The predicted molar refractivity (Wildman–Crippen MR) is 134 cm³/mol. The van der Waals surface area contributed by atoms with Gasteiger partial charge in [-0.1, -0.05) is 60.1 Å². The van der Waals surface area contributed by atoms with Gasteiger partial charge in [-0.15, -0.1) is 23.5 Å². The second-order valence-corrected chi connectivity index (χ2v) is 12.9. The summed E-state index contributed by atoms with van der Waals surface area (Å²) in [5.41, 5.74) is 2.00. The van der Waals surface area contributed by atoms with Gasteiger partial charge >= 0.3 is 0 Å². The van der Waals surface area contributed by atoms with Gasteiger partial charge in [0.1, 0.15) is 9.16 Å². The molecule has 2 saturated heterocycles. The molecule has 2 aliphatic heterocycles. The van der Waals surface area contributed by atoms with Crippen LogP contribution in [0.5, 0.6) is 0 Å². The van der Waals surface area contributed by atoms with Crippen LogP contribution in [0, 0.1) is 23.7 Å². The number of benzene rings is 2. The van der Waals surface area contributed by atoms with Gasteiger partial charge in [0.15, 0.2) is 0 Å². The van der Waals surface area contributed by atoms with Crippen LogP contribution in [0.3, 0.4) is 0 Å². The van der Waals surface area contributed by atoms with Crippen LogP contribution in [0.25, 0.3) is 0 Å². The van der Waals surface area contributed by atoms with Crippen molar-refractivity contribution in [2.75, 3.05) is 23.0 Å². The summed E-state index contributed by atoms with van der Waals surface area (Å²) < 4.78 is 23.2. The Morgan fingerprint density at radius 1 is 0.667 bits per heavy atom. The molecule has 0 aromatic heterocycles. The minimum absolute atomic E-state index is 0.0129. The van der Waals surface area contributed by atoms with Gasteiger partial charge in [0.2, 0.25) is 0 Å². The van der Waals surface area contributed by atoms with Crippen LogP contribution in [-0.2, 0) is 21.6 Å². The van der Waals surface area contributed by atoms with Crippen molar-refractivity contribution in [3.8, 4) is 23.7 Å². The molecule has 2 fully saturated rings. The van der Waals surface area contributed by atoms with Crippen LogP contribution in [0.2, 0.25) is 0 Å². The topological polar surface area (TPSA) is 34.1 Å². The molecule has 2 aromatic rings. The fourth-order valence-electron chi connectivity index (χ4n) is 2.69. The van der Waals surface area contributed by atoms with Crippen LogP contribution in [-0.4, -0.2) is 40.6 Å². The predicted octanol–water partition coefficient (Wildman–Crippen LogP) is 4.50. The maximum Gasteiger partial charge on any atom is 0.141 e. The molecule has 0 radical (unpaired) electrons. The zero-order valence-electron chi connectivity index (χ0n) is 16.6. The largest absolute Gasteiger partial charge is 0.257 e. The quantitative estimate of drug-likeness (QED) is 0.529. The van der Waals surface area contributed by atoms with E-state index in [1.807, 2.05) is 60.7 Å². The van der Waals surface area contributed by atoms with E-state index in [4.69, 9.17) is 0 Å². The average Bonchev–Trinajstić information content (AvgIpc) is 2.80. The number of rotatable bonds is 0. The summed E-state index contributed by atoms with van der Waals surface area (Å²) in [7, 11) is -1.52. The highest BCUT2D eigenvalue weighted by Crippen LogP contribution is 2.22. The summed E-state index contributed by atoms with van der Waals surface area (Å²) in [4.78, 5) is 0. The molecule has 6 heteroatoms. The summed E-state index contributed by atoms with van der Waals surface area (Å²) >= 11 is 3.43. The summed E-state index contributed by atoms with van der Waals surface area (Å²) in [6.45, 7) is 0. The van der Waals surface area contributed by atoms with Gasteiger partial charge in [-0.2, -0.15) is 0 Å². The minimum atomic E-state index is -0.762. The lowest BCUT2D eigenvalue weighted by atomic mass is 10.2. The monoisotopic (exact) mass is 472 g/mol. The van der Waals surface area contributed by atoms with Crippen LogP contribution in [0.1, 0.15) is 24.0 Å². The van der Waals surface area contributed by atoms with E-state index in [-0.39, 0.29) is 9.16 Å². The Morgan fingerprint density at radius 3 is 1.43 bits per heavy atom. The van der Waals surface area contributed by atoms with Gasteiger partial charge in [0, 0.05) is 44.2 Å². The van der Waals surface area contributed by atoms with Gasteiger partial charge in [0.25, 0.3) is 0 Å². The van der Waals surface area contributed by atoms with Crippen molar-refractivity contribution in [3.05, 3.63) is 71.8 Å². The zero-order chi connectivity index (χ0) is 21.0. The molecule has 0 bridgehead atoms. The third-order valence-electron chi connectivity index (χ3n) is 4.21. The Hall–Kier alpha value is -1.44. The third kappa shape index (κ3) is 8.00. The zero-order valence-corrected chi connectivity index (χ0v) is 19.9. The van der Waals surface area contributed by atoms with Crippen molar-refractivity contribution >= 4 is 45.1 Å². The first-order valence-electron chi connectivity index (χ1n) is 9.83. The number of thioether (sulfide) groups is 2. The highest BCUT2D eigenvalue weighted by Gasteiger charge is 2.19. The molecule has 30 heavy (non-hydrogen) atoms. The van der Waals surface area contributed by atoms with Crippen molar-refractivity contribution in [2.24, 2.45) is 0 Å². The SMILES string of the molecule is O=[S@]1CCCS[C@@H]1C#Cc1ccccc1.O=[S@]1CCCS[C@@H]1C#Cc1ccccc1. The molecule has 2 aliphatic rings. The fraction of sp³-hybridized carbons (Fsp3) is 0.333. The maximum atomic E-state index is 11.6. The van der Waals surface area contributed by atoms with Crippen molar-refractivity contribution < 1.29 is 8.42 Å². The average molecular weight is 473 g/mol.